The smallest absolute Gasteiger partial charge is 0.0196 e. The van der Waals surface area contributed by atoms with Gasteiger partial charge in [0.25, 0.3) is 0 Å². The van der Waals surface area contributed by atoms with Crippen molar-refractivity contribution in [2.24, 2.45) is 118 Å². The minimum absolute atomic E-state index is 0.932. The van der Waals surface area contributed by atoms with Crippen molar-refractivity contribution in [3.05, 3.63) is 60.8 Å². The lowest BCUT2D eigenvalue weighted by Crippen LogP contribution is -2.38. The molecule has 0 radical (unpaired) electrons. The van der Waals surface area contributed by atoms with E-state index in [1.165, 1.54) is 38.5 Å². The summed E-state index contributed by atoms with van der Waals surface area (Å²) in [5, 5.41) is 0. The first-order chi connectivity index (χ1) is 21.7. The van der Waals surface area contributed by atoms with Crippen LogP contribution in [0.2, 0.25) is 0 Å². The van der Waals surface area contributed by atoms with Crippen molar-refractivity contribution >= 4 is 0 Å². The average Bonchev–Trinajstić information content (AvgIpc) is 3.92. The molecule has 20 atom stereocenters. The molecule has 20 unspecified atom stereocenters. The van der Waals surface area contributed by atoms with Gasteiger partial charge in [-0.05, 0) is 208 Å². The highest BCUT2D eigenvalue weighted by Gasteiger charge is 2.55. The molecule has 44 heavy (non-hydrogen) atoms. The first-order valence-corrected chi connectivity index (χ1v) is 20.2. The van der Waals surface area contributed by atoms with Gasteiger partial charge in [0, 0.05) is 0 Å². The van der Waals surface area contributed by atoms with Gasteiger partial charge in [-0.1, -0.05) is 60.8 Å². The SMILES string of the molecule is C1=CC2CC1C1CC3C4C=CC(C4)C3CC21.C1=CC2CCC1C1CCC3C4C=CC(C4)C3CCC3C4C=CC(C4)C3CCC21. The Hall–Kier alpha value is -1.30. The van der Waals surface area contributed by atoms with Gasteiger partial charge in [0.15, 0.2) is 0 Å². The van der Waals surface area contributed by atoms with E-state index in [1.54, 1.807) is 51.4 Å². The predicted molar refractivity (Wildman–Crippen MR) is 180 cm³/mol. The lowest BCUT2D eigenvalue weighted by molar-refractivity contribution is 0.0774. The van der Waals surface area contributed by atoms with Gasteiger partial charge < -0.3 is 0 Å². The number of allylic oxidation sites excluding steroid dienone is 10. The normalized spacial score (nSPS) is 60.4. The maximum Gasteiger partial charge on any atom is -0.0196 e. The summed E-state index contributed by atoms with van der Waals surface area (Å²) < 4.78 is 0. The molecule has 0 nitrogen and oxygen atoms in total. The van der Waals surface area contributed by atoms with Crippen LogP contribution in [0.15, 0.2) is 60.8 Å². The highest BCUT2D eigenvalue weighted by Crippen LogP contribution is 2.64. The number of rotatable bonds is 0. The van der Waals surface area contributed by atoms with Gasteiger partial charge in [0.2, 0.25) is 0 Å². The standard InChI is InChI=1S/C28H38.C16H20/c1-2-18-4-3-17(1)23-9-11-25-19-5-7-21(15-19)27(25)13-14-28-22-8-6-20(16-22)26(28)12-10-24(18)23;1-2-10-5-9(1)13-7-15-11-3-4-12(6-11)16(15)8-14(10)13/h1-2,5-8,17-28H,3-4,9-16H2;1-4,9-16H,5-8H2. The van der Waals surface area contributed by atoms with Gasteiger partial charge in [0.05, 0.1) is 0 Å². The zero-order valence-corrected chi connectivity index (χ0v) is 27.2. The van der Waals surface area contributed by atoms with E-state index >= 15 is 0 Å². The maximum atomic E-state index is 2.66. The number of fused-ring (bicyclic) bond motifs is 21. The van der Waals surface area contributed by atoms with Crippen LogP contribution in [0.5, 0.6) is 0 Å². The second kappa shape index (κ2) is 10.1. The highest BCUT2D eigenvalue weighted by atomic mass is 14.6. The molecule has 0 heteroatoms. The van der Waals surface area contributed by atoms with E-state index in [2.05, 4.69) is 60.8 Å². The molecule has 13 rings (SSSR count). The van der Waals surface area contributed by atoms with Gasteiger partial charge in [-0.25, -0.2) is 0 Å². The summed E-state index contributed by atoms with van der Waals surface area (Å²) in [5.41, 5.74) is 0. The molecule has 0 N–H and O–H groups in total. The van der Waals surface area contributed by atoms with Gasteiger partial charge in [0.1, 0.15) is 0 Å². The van der Waals surface area contributed by atoms with Crippen molar-refractivity contribution in [1.29, 1.82) is 0 Å². The summed E-state index contributed by atoms with van der Waals surface area (Å²) in [6.45, 7) is 0. The Morgan fingerprint density at radius 2 is 0.386 bits per heavy atom. The molecule has 0 aromatic heterocycles. The largest absolute Gasteiger partial charge is 0.0848 e. The van der Waals surface area contributed by atoms with Crippen LogP contribution < -0.4 is 0 Å². The molecule has 0 aromatic carbocycles. The van der Waals surface area contributed by atoms with Crippen LogP contribution in [0.4, 0.5) is 0 Å². The summed E-state index contributed by atoms with van der Waals surface area (Å²) in [6.07, 6.45) is 47.5. The predicted octanol–water partition coefficient (Wildman–Crippen LogP) is 10.7. The van der Waals surface area contributed by atoms with Crippen molar-refractivity contribution in [3.8, 4) is 0 Å². The molecule has 13 aliphatic rings. The molecule has 0 amide bonds. The average molecular weight is 587 g/mol. The molecule has 0 heterocycles. The Kier molecular flexibility index (Phi) is 6.14. The minimum atomic E-state index is 0.932. The molecule has 0 spiro atoms. The third-order valence-corrected chi connectivity index (χ3v) is 17.9. The summed E-state index contributed by atoms with van der Waals surface area (Å²) in [6, 6.07) is 0. The molecule has 7 fully saturated rings. The zero-order valence-electron chi connectivity index (χ0n) is 27.2. The molecule has 7 saturated carbocycles. The van der Waals surface area contributed by atoms with Crippen molar-refractivity contribution < 1.29 is 0 Å². The lowest BCUT2D eigenvalue weighted by Gasteiger charge is -2.47. The van der Waals surface area contributed by atoms with E-state index in [9.17, 15) is 0 Å². The Morgan fingerprint density at radius 1 is 0.182 bits per heavy atom. The molecule has 0 aliphatic heterocycles. The van der Waals surface area contributed by atoms with E-state index < -0.39 is 0 Å². The first kappa shape index (κ1) is 26.7. The van der Waals surface area contributed by atoms with Gasteiger partial charge in [-0.2, -0.15) is 0 Å². The molecule has 10 bridgehead atoms. The fraction of sp³-hybridized carbons (Fsp3) is 0.773. The monoisotopic (exact) mass is 586 g/mol. The number of hydrogen-bond donors (Lipinski definition) is 0. The molecule has 0 saturated heterocycles. The summed E-state index contributed by atoms with van der Waals surface area (Å²) >= 11 is 0. The Balaban J connectivity index is 0.000000128. The Bertz CT molecular complexity index is 1160. The van der Waals surface area contributed by atoms with Crippen molar-refractivity contribution in [2.75, 3.05) is 0 Å². The highest BCUT2D eigenvalue weighted by molar-refractivity contribution is 5.21. The quantitative estimate of drug-likeness (QED) is 0.248. The third kappa shape index (κ3) is 3.93. The van der Waals surface area contributed by atoms with Crippen molar-refractivity contribution in [3.63, 3.8) is 0 Å². The van der Waals surface area contributed by atoms with Crippen LogP contribution in [-0.4, -0.2) is 0 Å². The maximum absolute atomic E-state index is 2.66. The molecule has 234 valence electrons. The van der Waals surface area contributed by atoms with Crippen LogP contribution in [0.25, 0.3) is 0 Å². The topological polar surface area (TPSA) is 0 Å². The molecule has 13 aliphatic carbocycles. The first-order valence-electron chi connectivity index (χ1n) is 20.2. The summed E-state index contributed by atoms with van der Waals surface area (Å²) in [4.78, 5) is 0. The molecule has 0 aromatic rings. The van der Waals surface area contributed by atoms with E-state index in [4.69, 9.17) is 0 Å². The van der Waals surface area contributed by atoms with Crippen LogP contribution in [0.1, 0.15) is 89.9 Å². The number of hydrogen-bond acceptors (Lipinski definition) is 0. The fourth-order valence-corrected chi connectivity index (χ4v) is 16.1. The van der Waals surface area contributed by atoms with Gasteiger partial charge in [-0.3, -0.25) is 0 Å². The second-order valence-electron chi connectivity index (χ2n) is 18.9. The van der Waals surface area contributed by atoms with E-state index in [0.717, 1.165) is 118 Å². The van der Waals surface area contributed by atoms with Gasteiger partial charge >= 0.3 is 0 Å². The van der Waals surface area contributed by atoms with Crippen LogP contribution in [-0.2, 0) is 0 Å². The fourth-order valence-electron chi connectivity index (χ4n) is 16.1. The minimum Gasteiger partial charge on any atom is -0.0848 e. The summed E-state index contributed by atoms with van der Waals surface area (Å²) in [5.74, 6) is 20.1. The molecular weight excluding hydrogens is 528 g/mol. The molecular formula is C44H58. The Labute approximate surface area is 268 Å². The van der Waals surface area contributed by atoms with Crippen LogP contribution >= 0.6 is 0 Å². The van der Waals surface area contributed by atoms with E-state index in [-0.39, 0.29) is 0 Å². The van der Waals surface area contributed by atoms with E-state index in [1.807, 2.05) is 0 Å². The van der Waals surface area contributed by atoms with Crippen molar-refractivity contribution in [2.45, 2.75) is 89.9 Å². The summed E-state index contributed by atoms with van der Waals surface area (Å²) in [7, 11) is 0. The van der Waals surface area contributed by atoms with Crippen molar-refractivity contribution in [1.82, 2.24) is 0 Å². The lowest BCUT2D eigenvalue weighted by atomic mass is 9.58. The second-order valence-corrected chi connectivity index (χ2v) is 18.9. The van der Waals surface area contributed by atoms with E-state index in [0.29, 0.717) is 0 Å². The van der Waals surface area contributed by atoms with Crippen LogP contribution in [0, 0.1) is 118 Å². The van der Waals surface area contributed by atoms with Crippen LogP contribution in [0.3, 0.4) is 0 Å². The third-order valence-electron chi connectivity index (χ3n) is 17.9. The zero-order chi connectivity index (χ0) is 28.5. The Morgan fingerprint density at radius 3 is 0.636 bits per heavy atom. The van der Waals surface area contributed by atoms with Gasteiger partial charge in [-0.15, -0.1) is 0 Å².